The van der Waals surface area contributed by atoms with Crippen LogP contribution in [0, 0.1) is 0 Å². The predicted octanol–water partition coefficient (Wildman–Crippen LogP) is 0.880. The molecule has 0 saturated carbocycles. The number of hydrogen-bond donors (Lipinski definition) is 4. The van der Waals surface area contributed by atoms with Crippen LogP contribution in [0.25, 0.3) is 0 Å². The third-order valence-electron chi connectivity index (χ3n) is 1.01. The van der Waals surface area contributed by atoms with Crippen LogP contribution in [0.1, 0.15) is 0 Å². The zero-order valence-electron chi connectivity index (χ0n) is 6.53. The summed E-state index contributed by atoms with van der Waals surface area (Å²) in [7, 11) is 0. The van der Waals surface area contributed by atoms with Gasteiger partial charge in [-0.25, -0.2) is 0 Å². The second kappa shape index (κ2) is 7.71. The summed E-state index contributed by atoms with van der Waals surface area (Å²) in [5, 5.41) is -0.249. The van der Waals surface area contributed by atoms with E-state index < -0.39 is 11.5 Å². The molecule has 0 aromatic rings. The molecule has 0 N–H and O–H groups in total. The van der Waals surface area contributed by atoms with Crippen molar-refractivity contribution in [2.24, 2.45) is 0 Å². The fourth-order valence-electron chi connectivity index (χ4n) is 0.401. The van der Waals surface area contributed by atoms with Gasteiger partial charge in [0.05, 0.1) is 0 Å². The molecule has 77 valence electrons. The summed E-state index contributed by atoms with van der Waals surface area (Å²) in [4.78, 5) is 11.3. The Labute approximate surface area is 113 Å². The van der Waals surface area contributed by atoms with E-state index in [0.717, 1.165) is 0 Å². The zero-order chi connectivity index (χ0) is 10.4. The van der Waals surface area contributed by atoms with Crippen LogP contribution in [-0.2, 0) is 4.74 Å². The van der Waals surface area contributed by atoms with E-state index in [1.54, 1.807) is 0 Å². The van der Waals surface area contributed by atoms with Crippen molar-refractivity contribution in [1.82, 2.24) is 3.15 Å². The molecule has 0 heterocycles. The molecular formula is C5H10NO2S4Te. The molecule has 8 heteroatoms. The van der Waals surface area contributed by atoms with Gasteiger partial charge in [0.25, 0.3) is 0 Å². The molecule has 0 saturated heterocycles. The van der Waals surface area contributed by atoms with Crippen molar-refractivity contribution in [2.75, 3.05) is 11.5 Å². The van der Waals surface area contributed by atoms with Gasteiger partial charge in [0.1, 0.15) is 0 Å². The molecule has 3 nitrogen and oxygen atoms in total. The first-order chi connectivity index (χ1) is 6.02. The topological polar surface area (TPSA) is 29.5 Å². The number of nitrogens with zero attached hydrogens (tertiary/aromatic N) is 1. The fraction of sp³-hybridized carbons (Fsp3) is 0.800. The summed E-state index contributed by atoms with van der Waals surface area (Å²) < 4.78 is 6.24. The van der Waals surface area contributed by atoms with Gasteiger partial charge < -0.3 is 0 Å². The van der Waals surface area contributed by atoms with Crippen LogP contribution in [0.5, 0.6) is 0 Å². The second-order valence-electron chi connectivity index (χ2n) is 2.01. The van der Waals surface area contributed by atoms with Crippen LogP contribution in [-0.4, -0.2) is 54.1 Å². The van der Waals surface area contributed by atoms with Crippen LogP contribution >= 0.6 is 50.5 Å². The van der Waals surface area contributed by atoms with E-state index in [1.165, 1.54) is 25.7 Å². The molecule has 13 heavy (non-hydrogen) atoms. The molecule has 0 aromatic carbocycles. The Hall–Kier alpha value is 1.46. The van der Waals surface area contributed by atoms with Gasteiger partial charge in [-0.1, -0.05) is 0 Å². The van der Waals surface area contributed by atoms with E-state index in [1.807, 2.05) is 0 Å². The van der Waals surface area contributed by atoms with Crippen molar-refractivity contribution >= 4 is 79.2 Å². The van der Waals surface area contributed by atoms with Crippen molar-refractivity contribution < 1.29 is 9.53 Å². The van der Waals surface area contributed by atoms with E-state index in [4.69, 9.17) is 4.74 Å². The van der Waals surface area contributed by atoms with Gasteiger partial charge in [-0.15, -0.1) is 0 Å². The first-order valence-corrected chi connectivity index (χ1v) is 6.61. The standard InChI is InChI=1S/C5H10NO2S4Te/c7-5(8-4(12)2-10)6(13)3(11)1-9/h3-4,9-12H,1-2H2. The number of ether oxygens (including phenoxy) is 1. The van der Waals surface area contributed by atoms with Crippen molar-refractivity contribution in [2.45, 2.75) is 10.8 Å². The zero-order valence-corrected chi connectivity index (χ0v) is 12.4. The van der Waals surface area contributed by atoms with Crippen LogP contribution in [0.2, 0.25) is 0 Å². The number of carbonyl (C=O) groups is 1. The van der Waals surface area contributed by atoms with Crippen LogP contribution in [0.3, 0.4) is 0 Å². The van der Waals surface area contributed by atoms with Gasteiger partial charge in [0, 0.05) is 0 Å². The SMILES string of the molecule is O=C(OC(S)CS)N([Te])C(S)CS. The Kier molecular flexibility index (Phi) is 8.58. The third-order valence-corrected chi connectivity index (χ3v) is 4.60. The summed E-state index contributed by atoms with van der Waals surface area (Å²) in [6.45, 7) is 0. The van der Waals surface area contributed by atoms with Gasteiger partial charge >= 0.3 is 114 Å². The van der Waals surface area contributed by atoms with Crippen LogP contribution < -0.4 is 0 Å². The van der Waals surface area contributed by atoms with Crippen molar-refractivity contribution in [3.05, 3.63) is 0 Å². The maximum atomic E-state index is 11.3. The number of hydrogen-bond acceptors (Lipinski definition) is 6. The molecule has 2 atom stereocenters. The average Bonchev–Trinajstić information content (AvgIpc) is 2.14. The minimum absolute atomic E-state index is 0.249. The van der Waals surface area contributed by atoms with Crippen molar-refractivity contribution in [3.8, 4) is 0 Å². The molecule has 0 aliphatic rings. The van der Waals surface area contributed by atoms with E-state index in [9.17, 15) is 4.79 Å². The van der Waals surface area contributed by atoms with E-state index in [0.29, 0.717) is 11.5 Å². The summed E-state index contributed by atoms with van der Waals surface area (Å²) >= 11 is 17.5. The first-order valence-electron chi connectivity index (χ1n) is 3.27. The number of thiol groups is 4. The second-order valence-corrected chi connectivity index (χ2v) is 5.04. The molecular weight excluding hydrogens is 362 g/mol. The minimum atomic E-state index is -0.486. The van der Waals surface area contributed by atoms with E-state index in [-0.39, 0.29) is 5.37 Å². The normalized spacial score (nSPS) is 14.8. The molecule has 0 fully saturated rings. The Morgan fingerprint density at radius 3 is 2.31 bits per heavy atom. The van der Waals surface area contributed by atoms with Gasteiger partial charge in [-0.2, -0.15) is 0 Å². The number of amides is 1. The number of carbonyl (C=O) groups excluding carboxylic acids is 1. The quantitative estimate of drug-likeness (QED) is 0.336. The predicted molar refractivity (Wildman–Crippen MR) is 67.3 cm³/mol. The van der Waals surface area contributed by atoms with Crippen molar-refractivity contribution in [1.29, 1.82) is 0 Å². The first kappa shape index (κ1) is 14.5. The molecule has 0 aromatic heterocycles. The molecule has 1 radical (unpaired) electrons. The molecule has 1 amide bonds. The van der Waals surface area contributed by atoms with Gasteiger partial charge in [-0.3, -0.25) is 0 Å². The monoisotopic (exact) mass is 374 g/mol. The Morgan fingerprint density at radius 1 is 1.38 bits per heavy atom. The maximum absolute atomic E-state index is 11.3. The third kappa shape index (κ3) is 5.80. The van der Waals surface area contributed by atoms with Gasteiger partial charge in [0.2, 0.25) is 0 Å². The van der Waals surface area contributed by atoms with Crippen LogP contribution in [0.15, 0.2) is 0 Å². The van der Waals surface area contributed by atoms with Crippen molar-refractivity contribution in [3.63, 3.8) is 0 Å². The summed E-state index contributed by atoms with van der Waals surface area (Å²) in [6.07, 6.45) is -0.465. The fourth-order valence-corrected chi connectivity index (χ4v) is 1.50. The molecule has 0 rings (SSSR count). The van der Waals surface area contributed by atoms with Gasteiger partial charge in [0.15, 0.2) is 0 Å². The Balaban J connectivity index is 3.96. The summed E-state index contributed by atoms with van der Waals surface area (Å²) in [6, 6.07) is 0. The molecule has 0 aliphatic carbocycles. The Bertz CT molecular complexity index is 173. The molecule has 0 aliphatic heterocycles. The summed E-state index contributed by atoms with van der Waals surface area (Å²) in [5.41, 5.74) is -0.486. The van der Waals surface area contributed by atoms with Gasteiger partial charge in [-0.05, 0) is 0 Å². The van der Waals surface area contributed by atoms with Crippen LogP contribution in [0.4, 0.5) is 4.79 Å². The van der Waals surface area contributed by atoms with E-state index >= 15 is 0 Å². The molecule has 0 spiro atoms. The number of rotatable bonds is 4. The van der Waals surface area contributed by atoms with E-state index in [2.05, 4.69) is 50.5 Å². The summed E-state index contributed by atoms with van der Waals surface area (Å²) in [5.74, 6) is 0.845. The average molecular weight is 372 g/mol. The molecule has 0 bridgehead atoms. The molecule has 2 unspecified atom stereocenters. The Morgan fingerprint density at radius 2 is 1.92 bits per heavy atom.